The summed E-state index contributed by atoms with van der Waals surface area (Å²) in [6, 6.07) is 3.99. The molecule has 106 valence electrons. The van der Waals surface area contributed by atoms with E-state index in [-0.39, 0.29) is 5.78 Å². The summed E-state index contributed by atoms with van der Waals surface area (Å²) >= 11 is 0. The second-order valence-electron chi connectivity index (χ2n) is 4.82. The van der Waals surface area contributed by atoms with Crippen molar-refractivity contribution in [3.63, 3.8) is 0 Å². The molecule has 0 spiro atoms. The smallest absolute Gasteiger partial charge is 0.161 e. The molecule has 0 saturated heterocycles. The molecule has 1 aromatic rings. The summed E-state index contributed by atoms with van der Waals surface area (Å²) in [7, 11) is 5.23. The number of hydrogen-bond acceptors (Lipinski definition) is 4. The van der Waals surface area contributed by atoms with Gasteiger partial charge in [0.05, 0.1) is 20.8 Å². The Hall–Kier alpha value is -1.55. The molecule has 1 aromatic carbocycles. The van der Waals surface area contributed by atoms with E-state index in [1.807, 2.05) is 24.1 Å². The molecular formula is C15H23NO3. The number of aryl methyl sites for hydroxylation is 1. The maximum absolute atomic E-state index is 11.0. The number of ether oxygens (including phenoxy) is 2. The lowest BCUT2D eigenvalue weighted by atomic mass is 10.0. The molecule has 0 atom stereocenters. The molecule has 1 rings (SSSR count). The molecule has 0 heterocycles. The Kier molecular flexibility index (Phi) is 5.83. The molecular weight excluding hydrogens is 242 g/mol. The molecule has 0 aliphatic rings. The second-order valence-corrected chi connectivity index (χ2v) is 4.82. The van der Waals surface area contributed by atoms with Crippen molar-refractivity contribution in [2.24, 2.45) is 0 Å². The van der Waals surface area contributed by atoms with Gasteiger partial charge < -0.3 is 9.47 Å². The number of carbonyl (C=O) groups is 1. The molecule has 0 saturated carbocycles. The summed E-state index contributed by atoms with van der Waals surface area (Å²) in [6.45, 7) is 5.00. The Morgan fingerprint density at radius 1 is 1.21 bits per heavy atom. The lowest BCUT2D eigenvalue weighted by Gasteiger charge is -2.17. The monoisotopic (exact) mass is 265 g/mol. The van der Waals surface area contributed by atoms with Gasteiger partial charge in [0.25, 0.3) is 0 Å². The first-order valence-corrected chi connectivity index (χ1v) is 6.37. The number of nitrogens with zero attached hydrogens (tertiary/aromatic N) is 1. The van der Waals surface area contributed by atoms with E-state index in [9.17, 15) is 4.79 Å². The number of likely N-dealkylation sites (N-methyl/N-ethyl adjacent to an activating group) is 1. The average molecular weight is 265 g/mol. The van der Waals surface area contributed by atoms with Gasteiger partial charge in [-0.3, -0.25) is 9.69 Å². The summed E-state index contributed by atoms with van der Waals surface area (Å²) < 4.78 is 10.6. The average Bonchev–Trinajstić information content (AvgIpc) is 2.36. The molecule has 0 fully saturated rings. The number of rotatable bonds is 7. The van der Waals surface area contributed by atoms with Crippen LogP contribution in [0, 0.1) is 6.92 Å². The fourth-order valence-corrected chi connectivity index (χ4v) is 2.06. The van der Waals surface area contributed by atoms with Gasteiger partial charge in [-0.15, -0.1) is 0 Å². The fourth-order valence-electron chi connectivity index (χ4n) is 2.06. The van der Waals surface area contributed by atoms with E-state index in [0.717, 1.165) is 24.5 Å². The highest BCUT2D eigenvalue weighted by molar-refractivity contribution is 5.77. The second kappa shape index (κ2) is 7.14. The van der Waals surface area contributed by atoms with Crippen molar-refractivity contribution in [2.45, 2.75) is 20.3 Å². The van der Waals surface area contributed by atoms with Crippen LogP contribution < -0.4 is 9.47 Å². The summed E-state index contributed by atoms with van der Waals surface area (Å²) in [6.07, 6.45) is 0.885. The highest BCUT2D eigenvalue weighted by atomic mass is 16.5. The van der Waals surface area contributed by atoms with Crippen molar-refractivity contribution >= 4 is 5.78 Å². The van der Waals surface area contributed by atoms with Gasteiger partial charge >= 0.3 is 0 Å². The van der Waals surface area contributed by atoms with Crippen LogP contribution in [0.1, 0.15) is 18.1 Å². The Bertz CT molecular complexity index is 443. The first-order chi connectivity index (χ1) is 8.97. The number of hydrogen-bond donors (Lipinski definition) is 0. The molecule has 4 nitrogen and oxygen atoms in total. The molecule has 0 unspecified atom stereocenters. The van der Waals surface area contributed by atoms with E-state index in [2.05, 4.69) is 6.92 Å². The van der Waals surface area contributed by atoms with Crippen molar-refractivity contribution in [1.29, 1.82) is 0 Å². The Balaban J connectivity index is 2.75. The minimum atomic E-state index is 0.187. The van der Waals surface area contributed by atoms with Crippen molar-refractivity contribution < 1.29 is 14.3 Å². The van der Waals surface area contributed by atoms with Crippen molar-refractivity contribution in [1.82, 2.24) is 4.90 Å². The SMILES string of the molecule is COc1cc(C)c(CCN(C)CC(C)=O)cc1OC. The Morgan fingerprint density at radius 3 is 2.32 bits per heavy atom. The molecule has 0 aliphatic carbocycles. The topological polar surface area (TPSA) is 38.8 Å². The van der Waals surface area contributed by atoms with Crippen LogP contribution >= 0.6 is 0 Å². The maximum Gasteiger partial charge on any atom is 0.161 e. The number of ketones is 1. The summed E-state index contributed by atoms with van der Waals surface area (Å²) in [5.74, 6) is 1.68. The van der Waals surface area contributed by atoms with Crippen LogP contribution in [0.15, 0.2) is 12.1 Å². The minimum absolute atomic E-state index is 0.187. The van der Waals surface area contributed by atoms with E-state index in [4.69, 9.17) is 9.47 Å². The zero-order valence-electron chi connectivity index (χ0n) is 12.4. The van der Waals surface area contributed by atoms with Gasteiger partial charge in [-0.1, -0.05) is 0 Å². The molecule has 4 heteroatoms. The molecule has 0 aliphatic heterocycles. The van der Waals surface area contributed by atoms with E-state index in [0.29, 0.717) is 6.54 Å². The predicted octanol–water partition coefficient (Wildman–Crippen LogP) is 2.08. The summed E-state index contributed by atoms with van der Waals surface area (Å²) in [5.41, 5.74) is 2.39. The van der Waals surface area contributed by atoms with Crippen molar-refractivity contribution in [3.8, 4) is 11.5 Å². The van der Waals surface area contributed by atoms with E-state index in [1.54, 1.807) is 21.1 Å². The quantitative estimate of drug-likeness (QED) is 0.756. The van der Waals surface area contributed by atoms with Gasteiger partial charge in [0, 0.05) is 6.54 Å². The molecule has 0 bridgehead atoms. The van der Waals surface area contributed by atoms with Crippen LogP contribution in [0.3, 0.4) is 0 Å². The Labute approximate surface area is 115 Å². The Morgan fingerprint density at radius 2 is 1.79 bits per heavy atom. The number of methoxy groups -OCH3 is 2. The van der Waals surface area contributed by atoms with Crippen LogP contribution in [0.2, 0.25) is 0 Å². The van der Waals surface area contributed by atoms with Gasteiger partial charge in [-0.2, -0.15) is 0 Å². The van der Waals surface area contributed by atoms with Crippen LogP contribution in [0.4, 0.5) is 0 Å². The van der Waals surface area contributed by atoms with Crippen molar-refractivity contribution in [3.05, 3.63) is 23.3 Å². The van der Waals surface area contributed by atoms with Gasteiger partial charge in [0.1, 0.15) is 5.78 Å². The van der Waals surface area contributed by atoms with E-state index >= 15 is 0 Å². The lowest BCUT2D eigenvalue weighted by Crippen LogP contribution is -2.26. The minimum Gasteiger partial charge on any atom is -0.493 e. The van der Waals surface area contributed by atoms with Crippen LogP contribution in [0.25, 0.3) is 0 Å². The van der Waals surface area contributed by atoms with Gasteiger partial charge in [0.15, 0.2) is 11.5 Å². The molecule has 0 radical (unpaired) electrons. The zero-order valence-corrected chi connectivity index (χ0v) is 12.4. The van der Waals surface area contributed by atoms with Gasteiger partial charge in [0.2, 0.25) is 0 Å². The lowest BCUT2D eigenvalue weighted by molar-refractivity contribution is -0.117. The van der Waals surface area contributed by atoms with E-state index < -0.39 is 0 Å². The molecule has 0 amide bonds. The van der Waals surface area contributed by atoms with Crippen LogP contribution in [0.5, 0.6) is 11.5 Å². The highest BCUT2D eigenvalue weighted by Crippen LogP contribution is 2.30. The highest BCUT2D eigenvalue weighted by Gasteiger charge is 2.09. The number of benzene rings is 1. The number of Topliss-reactive ketones (excluding diaryl/α,β-unsaturated/α-hetero) is 1. The summed E-state index contributed by atoms with van der Waals surface area (Å²) in [5, 5.41) is 0. The van der Waals surface area contributed by atoms with Gasteiger partial charge in [-0.05, 0) is 50.6 Å². The van der Waals surface area contributed by atoms with Crippen LogP contribution in [-0.4, -0.2) is 45.0 Å². The fraction of sp³-hybridized carbons (Fsp3) is 0.533. The number of carbonyl (C=O) groups excluding carboxylic acids is 1. The normalized spacial score (nSPS) is 10.6. The van der Waals surface area contributed by atoms with E-state index in [1.165, 1.54) is 11.1 Å². The first-order valence-electron chi connectivity index (χ1n) is 6.37. The molecule has 0 N–H and O–H groups in total. The summed E-state index contributed by atoms with van der Waals surface area (Å²) in [4.78, 5) is 13.1. The third kappa shape index (κ3) is 4.56. The van der Waals surface area contributed by atoms with Crippen LogP contribution in [-0.2, 0) is 11.2 Å². The molecule has 0 aromatic heterocycles. The zero-order chi connectivity index (χ0) is 14.4. The van der Waals surface area contributed by atoms with Crippen molar-refractivity contribution in [2.75, 3.05) is 34.4 Å². The third-order valence-corrected chi connectivity index (χ3v) is 3.10. The maximum atomic E-state index is 11.0. The predicted molar refractivity (Wildman–Crippen MR) is 76.2 cm³/mol. The standard InChI is InChI=1S/C15H23NO3/c1-11-8-14(18-4)15(19-5)9-13(11)6-7-16(3)10-12(2)17/h8-9H,6-7,10H2,1-5H3. The molecule has 19 heavy (non-hydrogen) atoms. The largest absolute Gasteiger partial charge is 0.493 e. The third-order valence-electron chi connectivity index (χ3n) is 3.10. The van der Waals surface area contributed by atoms with Gasteiger partial charge in [-0.25, -0.2) is 0 Å². The first kappa shape index (κ1) is 15.5.